The van der Waals surface area contributed by atoms with Crippen molar-refractivity contribution in [1.29, 1.82) is 0 Å². The molecule has 0 saturated heterocycles. The summed E-state index contributed by atoms with van der Waals surface area (Å²) in [5.41, 5.74) is 0.216. The van der Waals surface area contributed by atoms with E-state index in [0.717, 1.165) is 43.2 Å². The zero-order valence-electron chi connectivity index (χ0n) is 30.1. The number of carbonyl (C=O) groups excluding carboxylic acids is 2. The van der Waals surface area contributed by atoms with Crippen LogP contribution in [-0.4, -0.2) is 47.1 Å². The number of aliphatic hydroxyl groups is 1. The minimum atomic E-state index is -0.580. The van der Waals surface area contributed by atoms with E-state index in [1.54, 1.807) is 0 Å². The van der Waals surface area contributed by atoms with E-state index in [-0.39, 0.29) is 34.5 Å². The van der Waals surface area contributed by atoms with Crippen molar-refractivity contribution in [3.63, 3.8) is 0 Å². The topological polar surface area (TPSA) is 78.9 Å². The van der Waals surface area contributed by atoms with E-state index in [9.17, 15) is 14.7 Å². The second-order valence-electron chi connectivity index (χ2n) is 16.7. The molecule has 0 aromatic heterocycles. The van der Waals surface area contributed by atoms with Crippen LogP contribution in [0.1, 0.15) is 145 Å². The summed E-state index contributed by atoms with van der Waals surface area (Å²) >= 11 is 0. The van der Waals surface area contributed by atoms with E-state index >= 15 is 0 Å². The second-order valence-corrected chi connectivity index (χ2v) is 16.7. The first-order chi connectivity index (χ1) is 20.9. The maximum Gasteiger partial charge on any atom is 0.312 e. The summed E-state index contributed by atoms with van der Waals surface area (Å²) in [5.74, 6) is 1.82. The van der Waals surface area contributed by atoms with Gasteiger partial charge in [-0.2, -0.15) is 0 Å². The zero-order chi connectivity index (χ0) is 33.8. The van der Waals surface area contributed by atoms with Crippen LogP contribution in [0, 0.1) is 28.1 Å². The molecule has 1 amide bonds. The number of hydrogen-bond donors (Lipinski definition) is 2. The first-order valence-electron chi connectivity index (χ1n) is 17.8. The fraction of sp³-hybridized carbons (Fsp3) is 0.795. The van der Waals surface area contributed by atoms with Crippen molar-refractivity contribution >= 4 is 11.9 Å². The molecule has 0 aromatic carbocycles. The van der Waals surface area contributed by atoms with Gasteiger partial charge in [-0.3, -0.25) is 9.59 Å². The number of ether oxygens (including phenoxy) is 1. The van der Waals surface area contributed by atoms with Crippen LogP contribution in [-0.2, 0) is 14.3 Å². The van der Waals surface area contributed by atoms with E-state index in [2.05, 4.69) is 71.5 Å². The smallest absolute Gasteiger partial charge is 0.312 e. The molecule has 6 heteroatoms. The summed E-state index contributed by atoms with van der Waals surface area (Å²) in [6.07, 6.45) is 16.4. The van der Waals surface area contributed by atoms with Gasteiger partial charge in [-0.05, 0) is 113 Å². The number of allylic oxidation sites excluding steroid dienone is 3. The first kappa shape index (κ1) is 38.9. The third-order valence-electron chi connectivity index (χ3n) is 10.5. The Balaban J connectivity index is 1.85. The third kappa shape index (κ3) is 13.2. The van der Waals surface area contributed by atoms with Gasteiger partial charge >= 0.3 is 5.97 Å². The Labute approximate surface area is 276 Å². The lowest BCUT2D eigenvalue weighted by atomic mass is 9.61. The molecular weight excluding hydrogens is 560 g/mol. The SMILES string of the molecule is C=CCCC(=O)N(CCCOC(=O)C(C)(CC(C)(C)C)C(C)(C)C)C1CCC(CC2CCC(NC(=C)CCC(=C)O)CC2)CC1. The number of esters is 1. The van der Waals surface area contributed by atoms with Crippen LogP contribution in [0.3, 0.4) is 0 Å². The summed E-state index contributed by atoms with van der Waals surface area (Å²) in [7, 11) is 0. The summed E-state index contributed by atoms with van der Waals surface area (Å²) in [6, 6.07) is 0.766. The molecule has 6 nitrogen and oxygen atoms in total. The van der Waals surface area contributed by atoms with Gasteiger partial charge in [0.25, 0.3) is 0 Å². The second kappa shape index (κ2) is 17.6. The highest BCUT2D eigenvalue weighted by Gasteiger charge is 2.47. The Morgan fingerprint density at radius 3 is 1.98 bits per heavy atom. The van der Waals surface area contributed by atoms with E-state index in [1.807, 2.05) is 13.0 Å². The van der Waals surface area contributed by atoms with Gasteiger partial charge < -0.3 is 20.1 Å². The first-order valence-corrected chi connectivity index (χ1v) is 17.8. The van der Waals surface area contributed by atoms with Gasteiger partial charge in [0.05, 0.1) is 17.8 Å². The average Bonchev–Trinajstić information content (AvgIpc) is 2.95. The molecule has 0 spiro atoms. The van der Waals surface area contributed by atoms with Crippen molar-refractivity contribution in [3.8, 4) is 0 Å². The highest BCUT2D eigenvalue weighted by atomic mass is 16.5. The molecule has 0 aromatic rings. The van der Waals surface area contributed by atoms with Gasteiger partial charge in [-0.15, -0.1) is 6.58 Å². The maximum absolute atomic E-state index is 13.4. The largest absolute Gasteiger partial charge is 0.513 e. The standard InChI is InChI=1S/C39H68N2O4/c1-11-12-14-35(43)41(25-13-26-45-36(44)39(10,38(7,8)9)28-37(4,5)6)34-23-19-32(20-24-34)27-31-17-21-33(22-18-31)40-29(2)15-16-30(3)42/h11,31-34,40,42H,1-3,12-28H2,4-10H3. The molecule has 2 aliphatic carbocycles. The van der Waals surface area contributed by atoms with Gasteiger partial charge in [0.2, 0.25) is 5.91 Å². The summed E-state index contributed by atoms with van der Waals surface area (Å²) in [6.45, 7) is 27.4. The molecule has 0 bridgehead atoms. The third-order valence-corrected chi connectivity index (χ3v) is 10.5. The maximum atomic E-state index is 13.4. The Hall–Kier alpha value is -2.24. The van der Waals surface area contributed by atoms with Crippen LogP contribution in [0.15, 0.2) is 37.3 Å². The molecule has 0 heterocycles. The molecule has 45 heavy (non-hydrogen) atoms. The summed E-state index contributed by atoms with van der Waals surface area (Å²) in [4.78, 5) is 28.8. The molecule has 2 rings (SSSR count). The fourth-order valence-corrected chi connectivity index (χ4v) is 7.51. The molecule has 258 valence electrons. The van der Waals surface area contributed by atoms with Gasteiger partial charge in [0.15, 0.2) is 0 Å². The number of rotatable bonds is 17. The molecule has 2 N–H and O–H groups in total. The number of carbonyl (C=O) groups is 2. The predicted molar refractivity (Wildman–Crippen MR) is 188 cm³/mol. The van der Waals surface area contributed by atoms with Crippen molar-refractivity contribution in [1.82, 2.24) is 10.2 Å². The number of nitrogens with zero attached hydrogens (tertiary/aromatic N) is 1. The lowest BCUT2D eigenvalue weighted by Gasteiger charge is -2.43. The van der Waals surface area contributed by atoms with E-state index < -0.39 is 5.41 Å². The van der Waals surface area contributed by atoms with Gasteiger partial charge in [0, 0.05) is 37.2 Å². The highest BCUT2D eigenvalue weighted by molar-refractivity contribution is 5.77. The molecule has 2 saturated carbocycles. The van der Waals surface area contributed by atoms with E-state index in [1.165, 1.54) is 44.9 Å². The Kier molecular flexibility index (Phi) is 15.2. The van der Waals surface area contributed by atoms with Gasteiger partial charge in [-0.25, -0.2) is 0 Å². The van der Waals surface area contributed by atoms with Crippen LogP contribution in [0.2, 0.25) is 0 Å². The van der Waals surface area contributed by atoms with Crippen LogP contribution in [0.4, 0.5) is 0 Å². The van der Waals surface area contributed by atoms with Crippen molar-refractivity contribution in [2.75, 3.05) is 13.2 Å². The number of hydrogen-bond acceptors (Lipinski definition) is 5. The molecule has 2 aliphatic rings. The van der Waals surface area contributed by atoms with Crippen LogP contribution in [0.25, 0.3) is 0 Å². The molecule has 2 fully saturated rings. The predicted octanol–water partition coefficient (Wildman–Crippen LogP) is 9.67. The minimum absolute atomic E-state index is 0.0119. The average molecular weight is 629 g/mol. The van der Waals surface area contributed by atoms with Crippen molar-refractivity contribution in [2.45, 2.75) is 157 Å². The minimum Gasteiger partial charge on any atom is -0.513 e. The highest BCUT2D eigenvalue weighted by Crippen LogP contribution is 2.47. The van der Waals surface area contributed by atoms with Crippen molar-refractivity contribution in [3.05, 3.63) is 37.3 Å². The van der Waals surface area contributed by atoms with E-state index in [0.29, 0.717) is 44.9 Å². The Bertz CT molecular complexity index is 974. The molecule has 1 atom stereocenters. The van der Waals surface area contributed by atoms with Crippen LogP contribution >= 0.6 is 0 Å². The van der Waals surface area contributed by atoms with Crippen LogP contribution in [0.5, 0.6) is 0 Å². The number of aliphatic hydroxyl groups excluding tert-OH is 1. The molecule has 1 unspecified atom stereocenters. The van der Waals surface area contributed by atoms with Crippen LogP contribution < -0.4 is 5.32 Å². The molecular formula is C39H68N2O4. The monoisotopic (exact) mass is 629 g/mol. The normalized spacial score (nSPS) is 23.8. The number of amides is 1. The summed E-state index contributed by atoms with van der Waals surface area (Å²) < 4.78 is 5.91. The quantitative estimate of drug-likeness (QED) is 0.0726. The van der Waals surface area contributed by atoms with Crippen molar-refractivity contribution < 1.29 is 19.4 Å². The summed E-state index contributed by atoms with van der Waals surface area (Å²) in [5, 5.41) is 12.9. The lowest BCUT2D eigenvalue weighted by molar-refractivity contribution is -0.165. The van der Waals surface area contributed by atoms with Gasteiger partial charge in [-0.1, -0.05) is 60.8 Å². The zero-order valence-corrected chi connectivity index (χ0v) is 30.1. The Morgan fingerprint density at radius 1 is 0.889 bits per heavy atom. The number of nitrogens with one attached hydrogen (secondary N) is 1. The molecule has 0 aliphatic heterocycles. The Morgan fingerprint density at radius 2 is 1.47 bits per heavy atom. The van der Waals surface area contributed by atoms with Crippen molar-refractivity contribution in [2.24, 2.45) is 28.1 Å². The van der Waals surface area contributed by atoms with E-state index in [4.69, 9.17) is 4.74 Å². The van der Waals surface area contributed by atoms with Gasteiger partial charge in [0.1, 0.15) is 0 Å². The lowest BCUT2D eigenvalue weighted by Crippen LogP contribution is -2.45. The fourth-order valence-electron chi connectivity index (χ4n) is 7.51. The molecule has 0 radical (unpaired) electrons.